The second-order valence-electron chi connectivity index (χ2n) is 3.75. The van der Waals surface area contributed by atoms with Gasteiger partial charge in [0.2, 0.25) is 0 Å². The lowest BCUT2D eigenvalue weighted by molar-refractivity contribution is 0.353. The molecule has 0 saturated carbocycles. The van der Waals surface area contributed by atoms with E-state index in [0.29, 0.717) is 17.2 Å². The molecule has 2 rings (SSSR count). The predicted octanol–water partition coefficient (Wildman–Crippen LogP) is 4.06. The van der Waals surface area contributed by atoms with E-state index in [1.165, 1.54) is 0 Å². The van der Waals surface area contributed by atoms with Gasteiger partial charge in [-0.25, -0.2) is 4.98 Å². The van der Waals surface area contributed by atoms with Crippen LogP contribution < -0.4 is 4.74 Å². The zero-order valence-electron chi connectivity index (χ0n) is 9.44. The number of rotatable bonds is 4. The lowest BCUT2D eigenvalue weighted by Crippen LogP contribution is -1.97. The first-order valence-electron chi connectivity index (χ1n) is 5.14. The molecule has 2 aromatic rings. The summed E-state index contributed by atoms with van der Waals surface area (Å²) in [6, 6.07) is 7.67. The molecule has 0 radical (unpaired) electrons. The Kier molecular flexibility index (Phi) is 3.64. The molecule has 88 valence electrons. The van der Waals surface area contributed by atoms with Crippen molar-refractivity contribution in [3.63, 3.8) is 0 Å². The summed E-state index contributed by atoms with van der Waals surface area (Å²) in [6.07, 6.45) is 1.67. The number of nitrogens with zero attached hydrogens (tertiary/aromatic N) is 1. The van der Waals surface area contributed by atoms with E-state index in [9.17, 15) is 0 Å². The standard InChI is InChI=1S/C13H12BrNO2/c1-9(2)8-16-11-5-3-4-10(6-11)12-7-15-13(14)17-12/h3-7H,1,8H2,2H3. The van der Waals surface area contributed by atoms with Crippen LogP contribution in [0.1, 0.15) is 6.92 Å². The van der Waals surface area contributed by atoms with Crippen molar-refractivity contribution in [2.45, 2.75) is 6.92 Å². The van der Waals surface area contributed by atoms with E-state index >= 15 is 0 Å². The molecular weight excluding hydrogens is 282 g/mol. The van der Waals surface area contributed by atoms with E-state index in [1.54, 1.807) is 6.20 Å². The first-order chi connectivity index (χ1) is 8.15. The lowest BCUT2D eigenvalue weighted by Gasteiger charge is -2.06. The summed E-state index contributed by atoms with van der Waals surface area (Å²) in [5, 5.41) is 0. The summed E-state index contributed by atoms with van der Waals surface area (Å²) in [4.78, 5) is 4.46. The van der Waals surface area contributed by atoms with E-state index in [4.69, 9.17) is 9.15 Å². The number of aromatic nitrogens is 1. The van der Waals surface area contributed by atoms with Gasteiger partial charge in [-0.2, -0.15) is 0 Å². The van der Waals surface area contributed by atoms with Gasteiger partial charge in [-0.15, -0.1) is 0 Å². The molecule has 17 heavy (non-hydrogen) atoms. The smallest absolute Gasteiger partial charge is 0.264 e. The van der Waals surface area contributed by atoms with Crippen LogP contribution in [-0.4, -0.2) is 11.6 Å². The maximum atomic E-state index is 5.56. The Labute approximate surface area is 108 Å². The molecule has 1 aromatic heterocycles. The molecule has 4 heteroatoms. The maximum absolute atomic E-state index is 5.56. The van der Waals surface area contributed by atoms with Crippen molar-refractivity contribution in [1.82, 2.24) is 4.98 Å². The fourth-order valence-electron chi connectivity index (χ4n) is 1.33. The van der Waals surface area contributed by atoms with Gasteiger partial charge in [0.05, 0.1) is 6.20 Å². The largest absolute Gasteiger partial charge is 0.489 e. The number of hydrogen-bond donors (Lipinski definition) is 0. The Bertz CT molecular complexity index is 534. The molecule has 3 nitrogen and oxygen atoms in total. The van der Waals surface area contributed by atoms with Gasteiger partial charge in [0.15, 0.2) is 5.76 Å². The highest BCUT2D eigenvalue weighted by molar-refractivity contribution is 9.10. The van der Waals surface area contributed by atoms with Crippen molar-refractivity contribution in [3.05, 3.63) is 47.4 Å². The molecule has 0 unspecified atom stereocenters. The Hall–Kier alpha value is -1.55. The normalized spacial score (nSPS) is 10.2. The fourth-order valence-corrected chi connectivity index (χ4v) is 1.61. The van der Waals surface area contributed by atoms with Gasteiger partial charge in [-0.05, 0) is 24.6 Å². The molecule has 0 amide bonds. The van der Waals surface area contributed by atoms with Gasteiger partial charge in [0, 0.05) is 21.5 Å². The Morgan fingerprint density at radius 3 is 3.00 bits per heavy atom. The van der Waals surface area contributed by atoms with E-state index in [1.807, 2.05) is 31.2 Å². The summed E-state index contributed by atoms with van der Waals surface area (Å²) < 4.78 is 10.9. The van der Waals surface area contributed by atoms with E-state index in [-0.39, 0.29) is 0 Å². The zero-order chi connectivity index (χ0) is 12.3. The summed E-state index contributed by atoms with van der Waals surface area (Å²) >= 11 is 3.18. The van der Waals surface area contributed by atoms with E-state index in [0.717, 1.165) is 16.9 Å². The van der Waals surface area contributed by atoms with E-state index < -0.39 is 0 Å². The number of oxazole rings is 1. The molecular formula is C13H12BrNO2. The lowest BCUT2D eigenvalue weighted by atomic mass is 10.2. The highest BCUT2D eigenvalue weighted by Crippen LogP contribution is 2.26. The second kappa shape index (κ2) is 5.19. The summed E-state index contributed by atoms with van der Waals surface area (Å²) in [5.41, 5.74) is 1.92. The van der Waals surface area contributed by atoms with Crippen molar-refractivity contribution in [2.24, 2.45) is 0 Å². The van der Waals surface area contributed by atoms with Crippen LogP contribution in [0.3, 0.4) is 0 Å². The molecule has 0 N–H and O–H groups in total. The monoisotopic (exact) mass is 293 g/mol. The number of halogens is 1. The quantitative estimate of drug-likeness (QED) is 0.798. The molecule has 0 saturated heterocycles. The third kappa shape index (κ3) is 3.20. The zero-order valence-corrected chi connectivity index (χ0v) is 11.0. The molecule has 1 heterocycles. The summed E-state index contributed by atoms with van der Waals surface area (Å²) in [7, 11) is 0. The predicted molar refractivity (Wildman–Crippen MR) is 69.9 cm³/mol. The van der Waals surface area contributed by atoms with Crippen molar-refractivity contribution < 1.29 is 9.15 Å². The van der Waals surface area contributed by atoms with Crippen LogP contribution in [0.25, 0.3) is 11.3 Å². The van der Waals surface area contributed by atoms with Crippen LogP contribution >= 0.6 is 15.9 Å². The van der Waals surface area contributed by atoms with Gasteiger partial charge in [0.1, 0.15) is 12.4 Å². The van der Waals surface area contributed by atoms with E-state index in [2.05, 4.69) is 27.5 Å². The van der Waals surface area contributed by atoms with Crippen molar-refractivity contribution in [3.8, 4) is 17.1 Å². The molecule has 0 aliphatic carbocycles. The third-order valence-corrected chi connectivity index (χ3v) is 2.45. The molecule has 0 aliphatic heterocycles. The molecule has 0 fully saturated rings. The van der Waals surface area contributed by atoms with Gasteiger partial charge in [-0.1, -0.05) is 18.7 Å². The number of ether oxygens (including phenoxy) is 1. The highest BCUT2D eigenvalue weighted by Gasteiger charge is 2.05. The van der Waals surface area contributed by atoms with Crippen LogP contribution in [0.2, 0.25) is 0 Å². The molecule has 1 aromatic carbocycles. The van der Waals surface area contributed by atoms with Crippen LogP contribution in [-0.2, 0) is 0 Å². The number of hydrogen-bond acceptors (Lipinski definition) is 3. The summed E-state index contributed by atoms with van der Waals surface area (Å²) in [6.45, 7) is 6.24. The van der Waals surface area contributed by atoms with Gasteiger partial charge in [0.25, 0.3) is 4.80 Å². The minimum absolute atomic E-state index is 0.473. The van der Waals surface area contributed by atoms with Crippen molar-refractivity contribution in [1.29, 1.82) is 0 Å². The van der Waals surface area contributed by atoms with Crippen LogP contribution in [0, 0.1) is 0 Å². The SMILES string of the molecule is C=C(C)COc1cccc(-c2cnc(Br)o2)c1. The highest BCUT2D eigenvalue weighted by atomic mass is 79.9. The van der Waals surface area contributed by atoms with Gasteiger partial charge < -0.3 is 9.15 Å². The van der Waals surface area contributed by atoms with Gasteiger partial charge >= 0.3 is 0 Å². The minimum atomic E-state index is 0.473. The Balaban J connectivity index is 2.19. The second-order valence-corrected chi connectivity index (χ2v) is 4.43. The Morgan fingerprint density at radius 2 is 2.35 bits per heavy atom. The van der Waals surface area contributed by atoms with Crippen LogP contribution in [0.5, 0.6) is 5.75 Å². The molecule has 0 atom stereocenters. The van der Waals surface area contributed by atoms with Crippen molar-refractivity contribution in [2.75, 3.05) is 6.61 Å². The third-order valence-electron chi connectivity index (χ3n) is 2.08. The topological polar surface area (TPSA) is 35.3 Å². The number of benzene rings is 1. The maximum Gasteiger partial charge on any atom is 0.264 e. The fraction of sp³-hybridized carbons (Fsp3) is 0.154. The molecule has 0 aliphatic rings. The van der Waals surface area contributed by atoms with Crippen LogP contribution in [0.15, 0.2) is 51.8 Å². The summed E-state index contributed by atoms with van der Waals surface area (Å²) in [5.74, 6) is 1.50. The molecule has 0 spiro atoms. The first-order valence-corrected chi connectivity index (χ1v) is 5.93. The van der Waals surface area contributed by atoms with Crippen LogP contribution in [0.4, 0.5) is 0 Å². The minimum Gasteiger partial charge on any atom is -0.489 e. The van der Waals surface area contributed by atoms with Crippen molar-refractivity contribution >= 4 is 15.9 Å². The Morgan fingerprint density at radius 1 is 1.53 bits per heavy atom. The van der Waals surface area contributed by atoms with Gasteiger partial charge in [-0.3, -0.25) is 0 Å². The first kappa shape index (κ1) is 11.9. The average molecular weight is 294 g/mol. The molecule has 0 bridgehead atoms. The average Bonchev–Trinajstić information content (AvgIpc) is 2.74.